The van der Waals surface area contributed by atoms with Crippen LogP contribution in [0.2, 0.25) is 0 Å². The summed E-state index contributed by atoms with van der Waals surface area (Å²) in [5, 5.41) is 0. The minimum absolute atomic E-state index is 0.0789. The monoisotopic (exact) mass is 391 g/mol. The summed E-state index contributed by atoms with van der Waals surface area (Å²) < 4.78 is 36.4. The Morgan fingerprint density at radius 3 is 2.26 bits per heavy atom. The van der Waals surface area contributed by atoms with Crippen molar-refractivity contribution in [1.82, 2.24) is 4.72 Å². The number of carbonyl (C=O) groups is 2. The molecule has 7 nitrogen and oxygen atoms in total. The fraction of sp³-hybridized carbons (Fsp3) is 0.263. The van der Waals surface area contributed by atoms with Gasteiger partial charge in [0, 0.05) is 0 Å². The molecular weight excluding hydrogens is 370 g/mol. The summed E-state index contributed by atoms with van der Waals surface area (Å²) in [5.41, 5.74) is 2.20. The van der Waals surface area contributed by atoms with Gasteiger partial charge in [-0.25, -0.2) is 13.2 Å². The SMILES string of the molecule is Cc1ccc(S(=O)(=O)NCC(=O)OCCOC(=O)c2ccccc2)cc1C. The molecule has 0 saturated carbocycles. The van der Waals surface area contributed by atoms with Gasteiger partial charge in [0.05, 0.1) is 10.5 Å². The zero-order valence-corrected chi connectivity index (χ0v) is 15.9. The van der Waals surface area contributed by atoms with Crippen molar-refractivity contribution in [1.29, 1.82) is 0 Å². The van der Waals surface area contributed by atoms with Crippen molar-refractivity contribution in [3.63, 3.8) is 0 Å². The normalized spacial score (nSPS) is 11.0. The van der Waals surface area contributed by atoms with E-state index >= 15 is 0 Å². The van der Waals surface area contributed by atoms with E-state index in [2.05, 4.69) is 4.72 Å². The highest BCUT2D eigenvalue weighted by molar-refractivity contribution is 7.89. The number of rotatable bonds is 8. The third kappa shape index (κ3) is 6.19. The zero-order valence-electron chi connectivity index (χ0n) is 15.1. The van der Waals surface area contributed by atoms with Crippen LogP contribution < -0.4 is 4.72 Å². The van der Waals surface area contributed by atoms with Gasteiger partial charge < -0.3 is 9.47 Å². The topological polar surface area (TPSA) is 98.8 Å². The van der Waals surface area contributed by atoms with E-state index in [0.29, 0.717) is 5.56 Å². The molecule has 0 unspecified atom stereocenters. The molecule has 0 bridgehead atoms. The maximum atomic E-state index is 12.2. The molecule has 0 aliphatic rings. The van der Waals surface area contributed by atoms with Gasteiger partial charge in [-0.3, -0.25) is 4.79 Å². The van der Waals surface area contributed by atoms with Crippen molar-refractivity contribution < 1.29 is 27.5 Å². The Hall–Kier alpha value is -2.71. The summed E-state index contributed by atoms with van der Waals surface area (Å²) in [5.74, 6) is -1.29. The van der Waals surface area contributed by atoms with Crippen LogP contribution in [0.25, 0.3) is 0 Å². The van der Waals surface area contributed by atoms with E-state index < -0.39 is 28.5 Å². The molecule has 0 aromatic heterocycles. The third-order valence-electron chi connectivity index (χ3n) is 3.78. The third-order valence-corrected chi connectivity index (χ3v) is 5.18. The number of esters is 2. The number of carbonyl (C=O) groups excluding carboxylic acids is 2. The lowest BCUT2D eigenvalue weighted by Crippen LogP contribution is -2.31. The molecule has 0 saturated heterocycles. The molecule has 0 fully saturated rings. The van der Waals surface area contributed by atoms with E-state index in [1.54, 1.807) is 43.3 Å². The van der Waals surface area contributed by atoms with Crippen LogP contribution >= 0.6 is 0 Å². The summed E-state index contributed by atoms with van der Waals surface area (Å²) in [7, 11) is -3.81. The highest BCUT2D eigenvalue weighted by Gasteiger charge is 2.16. The van der Waals surface area contributed by atoms with Crippen molar-refractivity contribution >= 4 is 22.0 Å². The number of nitrogens with one attached hydrogen (secondary N) is 1. The molecule has 144 valence electrons. The second-order valence-corrected chi connectivity index (χ2v) is 7.56. The van der Waals surface area contributed by atoms with E-state index in [-0.39, 0.29) is 18.1 Å². The molecule has 0 aliphatic heterocycles. The summed E-state index contributed by atoms with van der Waals surface area (Å²) >= 11 is 0. The highest BCUT2D eigenvalue weighted by Crippen LogP contribution is 2.14. The van der Waals surface area contributed by atoms with Gasteiger partial charge in [0.25, 0.3) is 0 Å². The summed E-state index contributed by atoms with van der Waals surface area (Å²) in [6, 6.07) is 13.1. The molecule has 27 heavy (non-hydrogen) atoms. The van der Waals surface area contributed by atoms with Gasteiger partial charge in [0.2, 0.25) is 10.0 Å². The lowest BCUT2D eigenvalue weighted by Gasteiger charge is -2.09. The van der Waals surface area contributed by atoms with Crippen molar-refractivity contribution in [2.45, 2.75) is 18.7 Å². The molecule has 2 aromatic rings. The Morgan fingerprint density at radius 2 is 1.59 bits per heavy atom. The summed E-state index contributed by atoms with van der Waals surface area (Å²) in [4.78, 5) is 23.4. The minimum Gasteiger partial charge on any atom is -0.461 e. The predicted molar refractivity (Wildman–Crippen MR) is 98.8 cm³/mol. The number of aryl methyl sites for hydroxylation is 2. The zero-order chi connectivity index (χ0) is 19.9. The molecule has 1 N–H and O–H groups in total. The average Bonchev–Trinajstić information content (AvgIpc) is 2.66. The highest BCUT2D eigenvalue weighted by atomic mass is 32.2. The first kappa shape index (κ1) is 20.6. The van der Waals surface area contributed by atoms with E-state index in [9.17, 15) is 18.0 Å². The van der Waals surface area contributed by atoms with E-state index in [4.69, 9.17) is 9.47 Å². The summed E-state index contributed by atoms with van der Waals surface area (Å²) in [6.45, 7) is 2.88. The van der Waals surface area contributed by atoms with Crippen LogP contribution in [0.1, 0.15) is 21.5 Å². The number of benzene rings is 2. The first-order valence-electron chi connectivity index (χ1n) is 8.24. The molecule has 0 radical (unpaired) electrons. The smallest absolute Gasteiger partial charge is 0.338 e. The van der Waals surface area contributed by atoms with Crippen molar-refractivity contribution in [2.75, 3.05) is 19.8 Å². The molecule has 0 spiro atoms. The van der Waals surface area contributed by atoms with Gasteiger partial charge in [-0.2, -0.15) is 4.72 Å². The van der Waals surface area contributed by atoms with E-state index in [1.807, 2.05) is 6.92 Å². The van der Waals surface area contributed by atoms with Gasteiger partial charge in [-0.05, 0) is 49.2 Å². The predicted octanol–water partition coefficient (Wildman–Crippen LogP) is 1.98. The maximum absolute atomic E-state index is 12.2. The Balaban J connectivity index is 1.74. The standard InChI is InChI=1S/C19H21NO6S/c1-14-8-9-17(12-15(14)2)27(23,24)20-13-18(21)25-10-11-26-19(22)16-6-4-3-5-7-16/h3-9,12,20H,10-11,13H2,1-2H3. The molecule has 0 atom stereocenters. The minimum atomic E-state index is -3.81. The fourth-order valence-electron chi connectivity index (χ4n) is 2.12. The van der Waals surface area contributed by atoms with Crippen LogP contribution in [0.4, 0.5) is 0 Å². The Kier molecular flexibility index (Phi) is 7.09. The lowest BCUT2D eigenvalue weighted by atomic mass is 10.1. The van der Waals surface area contributed by atoms with E-state index in [0.717, 1.165) is 11.1 Å². The Labute approximate surface area is 158 Å². The number of ether oxygens (including phenoxy) is 2. The van der Waals surface area contributed by atoms with Gasteiger partial charge in [0.15, 0.2) is 0 Å². The summed E-state index contributed by atoms with van der Waals surface area (Å²) in [6.07, 6.45) is 0. The van der Waals surface area contributed by atoms with Gasteiger partial charge in [0.1, 0.15) is 19.8 Å². The fourth-order valence-corrected chi connectivity index (χ4v) is 3.17. The van der Waals surface area contributed by atoms with Crippen molar-refractivity contribution in [3.8, 4) is 0 Å². The van der Waals surface area contributed by atoms with Crippen LogP contribution in [0, 0.1) is 13.8 Å². The Bertz CT molecular complexity index is 909. The van der Waals surface area contributed by atoms with Crippen LogP contribution in [-0.2, 0) is 24.3 Å². The van der Waals surface area contributed by atoms with Gasteiger partial charge >= 0.3 is 11.9 Å². The van der Waals surface area contributed by atoms with Gasteiger partial charge in [-0.1, -0.05) is 24.3 Å². The molecule has 0 amide bonds. The molecule has 2 aromatic carbocycles. The second-order valence-electron chi connectivity index (χ2n) is 5.79. The van der Waals surface area contributed by atoms with Crippen LogP contribution in [0.3, 0.4) is 0 Å². The number of sulfonamides is 1. The van der Waals surface area contributed by atoms with Crippen LogP contribution in [-0.4, -0.2) is 40.1 Å². The molecule has 8 heteroatoms. The number of hydrogen-bond acceptors (Lipinski definition) is 6. The Morgan fingerprint density at radius 1 is 0.926 bits per heavy atom. The van der Waals surface area contributed by atoms with Crippen molar-refractivity contribution in [2.24, 2.45) is 0 Å². The molecule has 0 heterocycles. The first-order chi connectivity index (χ1) is 12.8. The molecule has 0 aliphatic carbocycles. The average molecular weight is 391 g/mol. The van der Waals surface area contributed by atoms with Crippen molar-refractivity contribution in [3.05, 3.63) is 65.2 Å². The van der Waals surface area contributed by atoms with Crippen LogP contribution in [0.15, 0.2) is 53.4 Å². The first-order valence-corrected chi connectivity index (χ1v) is 9.72. The van der Waals surface area contributed by atoms with E-state index in [1.165, 1.54) is 12.1 Å². The maximum Gasteiger partial charge on any atom is 0.338 e. The lowest BCUT2D eigenvalue weighted by molar-refractivity contribution is -0.143. The van der Waals surface area contributed by atoms with Gasteiger partial charge in [-0.15, -0.1) is 0 Å². The number of hydrogen-bond donors (Lipinski definition) is 1. The molecule has 2 rings (SSSR count). The van der Waals surface area contributed by atoms with Crippen LogP contribution in [0.5, 0.6) is 0 Å². The molecular formula is C19H21NO6S. The quantitative estimate of drug-likeness (QED) is 0.546. The largest absolute Gasteiger partial charge is 0.461 e. The second kappa shape index (κ2) is 9.29.